The van der Waals surface area contributed by atoms with E-state index in [1.54, 1.807) is 24.3 Å². The maximum absolute atomic E-state index is 11.5. The molecule has 3 N–H and O–H groups in total. The van der Waals surface area contributed by atoms with Crippen molar-refractivity contribution in [2.45, 2.75) is 11.8 Å². The van der Waals surface area contributed by atoms with Gasteiger partial charge in [0.15, 0.2) is 0 Å². The van der Waals surface area contributed by atoms with E-state index in [1.807, 2.05) is 29.6 Å². The van der Waals surface area contributed by atoms with Crippen LogP contribution in [0.2, 0.25) is 5.02 Å². The minimum absolute atomic E-state index is 0.0495. The first-order valence-corrected chi connectivity index (χ1v) is 11.7. The molecule has 2 aromatic carbocycles. The van der Waals surface area contributed by atoms with Crippen molar-refractivity contribution < 1.29 is 8.42 Å². The molecule has 0 aliphatic heterocycles. The summed E-state index contributed by atoms with van der Waals surface area (Å²) in [5.74, 6) is 0.349. The van der Waals surface area contributed by atoms with Gasteiger partial charge in [-0.25, -0.2) is 23.5 Å². The van der Waals surface area contributed by atoms with Crippen LogP contribution in [0.1, 0.15) is 5.56 Å². The standard InChI is InChI=1S/C21H17ClN4O2S2/c1-13-9-17(30(23,27)28)5-6-19(13)25-21-24-11-18(22)20(26-21)15-4-2-3-14(10-15)16-7-8-29-12-16/h2-12H,1H3,(H2,23,27,28)(H,24,25,26). The lowest BCUT2D eigenvalue weighted by Gasteiger charge is -2.12. The van der Waals surface area contributed by atoms with Crippen LogP contribution < -0.4 is 10.5 Å². The number of halogens is 1. The van der Waals surface area contributed by atoms with E-state index in [4.69, 9.17) is 16.7 Å². The lowest BCUT2D eigenvalue weighted by molar-refractivity contribution is 0.597. The highest BCUT2D eigenvalue weighted by atomic mass is 35.5. The van der Waals surface area contributed by atoms with Gasteiger partial charge in [-0.05, 0) is 64.7 Å². The Morgan fingerprint density at radius 1 is 1.07 bits per heavy atom. The maximum Gasteiger partial charge on any atom is 0.238 e. The number of rotatable bonds is 5. The number of benzene rings is 2. The van der Waals surface area contributed by atoms with Crippen LogP contribution in [0.5, 0.6) is 0 Å². The molecule has 152 valence electrons. The van der Waals surface area contributed by atoms with Gasteiger partial charge in [0, 0.05) is 11.3 Å². The van der Waals surface area contributed by atoms with Crippen molar-refractivity contribution in [1.82, 2.24) is 9.97 Å². The maximum atomic E-state index is 11.5. The van der Waals surface area contributed by atoms with E-state index in [0.29, 0.717) is 27.9 Å². The number of anilines is 2. The molecule has 0 amide bonds. The third kappa shape index (κ3) is 4.36. The van der Waals surface area contributed by atoms with Gasteiger partial charge in [-0.1, -0.05) is 29.8 Å². The van der Waals surface area contributed by atoms with Gasteiger partial charge in [-0.15, -0.1) is 0 Å². The minimum atomic E-state index is -3.76. The Balaban J connectivity index is 1.67. The van der Waals surface area contributed by atoms with Gasteiger partial charge >= 0.3 is 0 Å². The second-order valence-electron chi connectivity index (χ2n) is 6.63. The van der Waals surface area contributed by atoms with Crippen LogP contribution in [-0.2, 0) is 10.0 Å². The highest BCUT2D eigenvalue weighted by molar-refractivity contribution is 7.89. The molecule has 0 aliphatic rings. The van der Waals surface area contributed by atoms with Crippen LogP contribution in [0, 0.1) is 6.92 Å². The van der Waals surface area contributed by atoms with Crippen molar-refractivity contribution >= 4 is 44.6 Å². The Morgan fingerprint density at radius 2 is 1.87 bits per heavy atom. The smallest absolute Gasteiger partial charge is 0.238 e. The summed E-state index contributed by atoms with van der Waals surface area (Å²) in [6.45, 7) is 1.78. The summed E-state index contributed by atoms with van der Waals surface area (Å²) < 4.78 is 23.1. The summed E-state index contributed by atoms with van der Waals surface area (Å²) in [5.41, 5.74) is 5.05. The molecule has 0 bridgehead atoms. The summed E-state index contributed by atoms with van der Waals surface area (Å²) in [5, 5.41) is 12.9. The van der Waals surface area contributed by atoms with Crippen molar-refractivity contribution in [3.63, 3.8) is 0 Å². The fourth-order valence-corrected chi connectivity index (χ4v) is 4.44. The summed E-state index contributed by atoms with van der Waals surface area (Å²) in [7, 11) is -3.76. The quantitative estimate of drug-likeness (QED) is 0.428. The van der Waals surface area contributed by atoms with Gasteiger partial charge in [0.1, 0.15) is 0 Å². The molecular weight excluding hydrogens is 440 g/mol. The Labute approximate surface area is 183 Å². The lowest BCUT2D eigenvalue weighted by atomic mass is 10.0. The van der Waals surface area contributed by atoms with E-state index < -0.39 is 10.0 Å². The number of nitrogens with one attached hydrogen (secondary N) is 1. The molecule has 0 saturated heterocycles. The molecule has 30 heavy (non-hydrogen) atoms. The van der Waals surface area contributed by atoms with Crippen LogP contribution >= 0.6 is 22.9 Å². The molecule has 4 aromatic rings. The second kappa shape index (κ2) is 8.16. The molecule has 0 radical (unpaired) electrons. The molecule has 9 heteroatoms. The van der Waals surface area contributed by atoms with Crippen LogP contribution in [0.15, 0.2) is 70.4 Å². The highest BCUT2D eigenvalue weighted by Crippen LogP contribution is 2.31. The molecule has 2 aromatic heterocycles. The van der Waals surface area contributed by atoms with Crippen LogP contribution in [0.25, 0.3) is 22.4 Å². The predicted octanol–water partition coefficient (Wildman–Crippen LogP) is 5.22. The zero-order chi connectivity index (χ0) is 21.3. The van der Waals surface area contributed by atoms with Gasteiger partial charge in [-0.3, -0.25) is 0 Å². The number of primary sulfonamides is 1. The van der Waals surface area contributed by atoms with Crippen LogP contribution in [0.4, 0.5) is 11.6 Å². The Kier molecular flexibility index (Phi) is 5.57. The average Bonchev–Trinajstić information content (AvgIpc) is 3.25. The van der Waals surface area contributed by atoms with E-state index in [-0.39, 0.29) is 4.90 Å². The third-order valence-electron chi connectivity index (χ3n) is 4.51. The molecule has 0 spiro atoms. The average molecular weight is 457 g/mol. The molecule has 0 fully saturated rings. The zero-order valence-electron chi connectivity index (χ0n) is 15.8. The fourth-order valence-electron chi connectivity index (χ4n) is 2.98. The van der Waals surface area contributed by atoms with Crippen molar-refractivity contribution in [2.75, 3.05) is 5.32 Å². The molecule has 0 unspecified atom stereocenters. The first kappa shape index (κ1) is 20.5. The zero-order valence-corrected chi connectivity index (χ0v) is 18.2. The number of sulfonamides is 1. The largest absolute Gasteiger partial charge is 0.324 e. The van der Waals surface area contributed by atoms with Crippen molar-refractivity contribution in [2.24, 2.45) is 5.14 Å². The fraction of sp³-hybridized carbons (Fsp3) is 0.0476. The number of hydrogen-bond donors (Lipinski definition) is 2. The van der Waals surface area contributed by atoms with Gasteiger partial charge in [0.25, 0.3) is 0 Å². The second-order valence-corrected chi connectivity index (χ2v) is 9.38. The summed E-state index contributed by atoms with van der Waals surface area (Å²) in [6, 6.07) is 14.6. The van der Waals surface area contributed by atoms with Gasteiger partial charge in [0.2, 0.25) is 16.0 Å². The monoisotopic (exact) mass is 456 g/mol. The van der Waals surface area contributed by atoms with Crippen molar-refractivity contribution in [3.8, 4) is 22.4 Å². The van der Waals surface area contributed by atoms with Gasteiger partial charge in [-0.2, -0.15) is 11.3 Å². The molecular formula is C21H17ClN4O2S2. The van der Waals surface area contributed by atoms with E-state index in [1.165, 1.54) is 18.3 Å². The van der Waals surface area contributed by atoms with E-state index in [0.717, 1.165) is 16.7 Å². The van der Waals surface area contributed by atoms with Crippen LogP contribution in [0.3, 0.4) is 0 Å². The third-order valence-corrected chi connectivity index (χ3v) is 6.38. The predicted molar refractivity (Wildman–Crippen MR) is 122 cm³/mol. The number of thiophene rings is 1. The molecule has 0 atom stereocenters. The first-order chi connectivity index (χ1) is 14.3. The van der Waals surface area contributed by atoms with Crippen molar-refractivity contribution in [1.29, 1.82) is 0 Å². The summed E-state index contributed by atoms with van der Waals surface area (Å²) >= 11 is 8.02. The van der Waals surface area contributed by atoms with Crippen LogP contribution in [-0.4, -0.2) is 18.4 Å². The lowest BCUT2D eigenvalue weighted by Crippen LogP contribution is -2.12. The molecule has 4 rings (SSSR count). The Morgan fingerprint density at radius 3 is 2.57 bits per heavy atom. The number of hydrogen-bond acceptors (Lipinski definition) is 6. The van der Waals surface area contributed by atoms with Gasteiger partial charge < -0.3 is 5.32 Å². The summed E-state index contributed by atoms with van der Waals surface area (Å²) in [6.07, 6.45) is 1.54. The number of aromatic nitrogens is 2. The van der Waals surface area contributed by atoms with E-state index >= 15 is 0 Å². The summed E-state index contributed by atoms with van der Waals surface area (Å²) in [4.78, 5) is 8.88. The molecule has 2 heterocycles. The first-order valence-electron chi connectivity index (χ1n) is 8.87. The minimum Gasteiger partial charge on any atom is -0.324 e. The molecule has 0 saturated carbocycles. The topological polar surface area (TPSA) is 98.0 Å². The Hall–Kier alpha value is -2.78. The number of nitrogens with zero attached hydrogens (tertiary/aromatic N) is 2. The normalized spacial score (nSPS) is 11.4. The van der Waals surface area contributed by atoms with Crippen molar-refractivity contribution in [3.05, 3.63) is 76.1 Å². The molecule has 0 aliphatic carbocycles. The van der Waals surface area contributed by atoms with E-state index in [2.05, 4.69) is 26.7 Å². The van der Waals surface area contributed by atoms with E-state index in [9.17, 15) is 8.42 Å². The Bertz CT molecular complexity index is 1320. The SMILES string of the molecule is Cc1cc(S(N)(=O)=O)ccc1Nc1ncc(Cl)c(-c2cccc(-c3ccsc3)c2)n1. The molecule has 6 nitrogen and oxygen atoms in total. The van der Waals surface area contributed by atoms with Gasteiger partial charge in [0.05, 0.1) is 21.8 Å². The number of nitrogens with two attached hydrogens (primary N) is 1. The highest BCUT2D eigenvalue weighted by Gasteiger charge is 2.13. The number of aryl methyl sites for hydroxylation is 1.